The summed E-state index contributed by atoms with van der Waals surface area (Å²) in [6, 6.07) is 3.70. The molecule has 0 spiro atoms. The fourth-order valence-corrected chi connectivity index (χ4v) is 1.08. The molecule has 0 bridgehead atoms. The SMILES string of the molecule is [CH2-]c1ccc2c(c1)OC(N)(N)O2.[Zn]. The van der Waals surface area contributed by atoms with Crippen molar-refractivity contribution in [3.8, 4) is 11.5 Å². The van der Waals surface area contributed by atoms with Crippen molar-refractivity contribution in [2.75, 3.05) is 0 Å². The zero-order valence-electron chi connectivity index (χ0n) is 7.12. The van der Waals surface area contributed by atoms with E-state index in [0.29, 0.717) is 11.5 Å². The van der Waals surface area contributed by atoms with Gasteiger partial charge in [-0.15, -0.1) is 6.07 Å². The van der Waals surface area contributed by atoms with Gasteiger partial charge in [0.25, 0.3) is 0 Å². The van der Waals surface area contributed by atoms with E-state index in [1.54, 1.807) is 18.2 Å². The molecule has 0 saturated heterocycles. The molecule has 4 nitrogen and oxygen atoms in total. The molecule has 1 aromatic carbocycles. The van der Waals surface area contributed by atoms with Crippen LogP contribution in [-0.2, 0) is 19.5 Å². The number of rotatable bonds is 0. The smallest absolute Gasteiger partial charge is 0.375 e. The van der Waals surface area contributed by atoms with Crippen LogP contribution in [-0.4, -0.2) is 6.03 Å². The van der Waals surface area contributed by atoms with E-state index < -0.39 is 6.03 Å². The van der Waals surface area contributed by atoms with Gasteiger partial charge in [-0.25, -0.2) is 11.5 Å². The molecule has 0 saturated carbocycles. The number of fused-ring (bicyclic) bond motifs is 1. The van der Waals surface area contributed by atoms with Crippen molar-refractivity contribution in [2.24, 2.45) is 11.5 Å². The van der Waals surface area contributed by atoms with E-state index in [2.05, 4.69) is 6.92 Å². The molecule has 0 fully saturated rings. The van der Waals surface area contributed by atoms with Crippen molar-refractivity contribution in [2.45, 2.75) is 6.03 Å². The maximum absolute atomic E-state index is 5.39. The second kappa shape index (κ2) is 3.18. The quantitative estimate of drug-likeness (QED) is 0.379. The van der Waals surface area contributed by atoms with Crippen molar-refractivity contribution in [3.05, 3.63) is 30.7 Å². The van der Waals surface area contributed by atoms with Crippen LogP contribution in [0.1, 0.15) is 5.56 Å². The van der Waals surface area contributed by atoms with Crippen LogP contribution in [0, 0.1) is 6.92 Å². The van der Waals surface area contributed by atoms with Gasteiger partial charge in [-0.3, -0.25) is 0 Å². The minimum Gasteiger partial charge on any atom is -0.437 e. The molecule has 0 radical (unpaired) electrons. The zero-order chi connectivity index (χ0) is 8.77. The minimum absolute atomic E-state index is 0. The van der Waals surface area contributed by atoms with E-state index in [1.165, 1.54) is 0 Å². The maximum Gasteiger partial charge on any atom is 0.375 e. The molecule has 0 atom stereocenters. The normalized spacial score (nSPS) is 16.5. The van der Waals surface area contributed by atoms with Gasteiger partial charge in [0.1, 0.15) is 11.5 Å². The fraction of sp³-hybridized carbons (Fsp3) is 0.125. The third-order valence-corrected chi connectivity index (χ3v) is 1.55. The summed E-state index contributed by atoms with van der Waals surface area (Å²) in [7, 11) is 0. The first-order valence-corrected chi connectivity index (χ1v) is 3.49. The molecular weight excluding hydrogens is 221 g/mol. The Bertz CT molecular complexity index is 328. The topological polar surface area (TPSA) is 70.5 Å². The second-order valence-corrected chi connectivity index (χ2v) is 2.71. The van der Waals surface area contributed by atoms with Crippen molar-refractivity contribution in [1.82, 2.24) is 0 Å². The van der Waals surface area contributed by atoms with Crippen molar-refractivity contribution in [3.63, 3.8) is 0 Å². The molecule has 5 heteroatoms. The van der Waals surface area contributed by atoms with Gasteiger partial charge in [-0.1, -0.05) is 6.07 Å². The molecular formula is C8H9N2O2Zn-. The van der Waals surface area contributed by atoms with Crippen LogP contribution in [0.25, 0.3) is 0 Å². The summed E-state index contributed by atoms with van der Waals surface area (Å²) in [6.07, 6.45) is 0. The summed E-state index contributed by atoms with van der Waals surface area (Å²) in [5.41, 5.74) is 11.6. The van der Waals surface area contributed by atoms with Gasteiger partial charge in [0.2, 0.25) is 0 Å². The van der Waals surface area contributed by atoms with Gasteiger partial charge < -0.3 is 9.47 Å². The van der Waals surface area contributed by atoms with Gasteiger partial charge in [0.15, 0.2) is 0 Å². The van der Waals surface area contributed by atoms with Crippen LogP contribution in [0.2, 0.25) is 0 Å². The van der Waals surface area contributed by atoms with Crippen molar-refractivity contribution >= 4 is 0 Å². The summed E-state index contributed by atoms with van der Waals surface area (Å²) in [6.45, 7) is 3.73. The van der Waals surface area contributed by atoms with Crippen LogP contribution < -0.4 is 20.9 Å². The molecule has 0 aliphatic carbocycles. The van der Waals surface area contributed by atoms with Crippen LogP contribution in [0.5, 0.6) is 11.5 Å². The third-order valence-electron chi connectivity index (χ3n) is 1.55. The van der Waals surface area contributed by atoms with Gasteiger partial charge in [0, 0.05) is 19.5 Å². The Morgan fingerprint density at radius 2 is 1.77 bits per heavy atom. The Labute approximate surface area is 88.9 Å². The van der Waals surface area contributed by atoms with E-state index in [0.717, 1.165) is 5.56 Å². The summed E-state index contributed by atoms with van der Waals surface area (Å²) in [5, 5.41) is 0. The van der Waals surface area contributed by atoms with Crippen LogP contribution in [0.15, 0.2) is 18.2 Å². The molecule has 1 heterocycles. The number of hydrogen-bond donors (Lipinski definition) is 2. The molecule has 0 aromatic heterocycles. The Morgan fingerprint density at radius 3 is 2.46 bits per heavy atom. The Balaban J connectivity index is 0.000000845. The predicted octanol–water partition coefficient (Wildman–Crippen LogP) is 0.166. The molecule has 66 valence electrons. The number of hydrogen-bond acceptors (Lipinski definition) is 4. The first-order chi connectivity index (χ1) is 5.57. The first-order valence-electron chi connectivity index (χ1n) is 3.49. The van der Waals surface area contributed by atoms with E-state index in [9.17, 15) is 0 Å². The number of benzene rings is 1. The molecule has 13 heavy (non-hydrogen) atoms. The Morgan fingerprint density at radius 1 is 1.15 bits per heavy atom. The molecule has 1 aliphatic heterocycles. The molecule has 4 N–H and O–H groups in total. The maximum atomic E-state index is 5.39. The summed E-state index contributed by atoms with van der Waals surface area (Å²) in [5.74, 6) is 1.08. The van der Waals surface area contributed by atoms with E-state index in [-0.39, 0.29) is 19.5 Å². The van der Waals surface area contributed by atoms with Gasteiger partial charge in [-0.05, 0) is 0 Å². The molecule has 2 rings (SSSR count). The largest absolute Gasteiger partial charge is 0.437 e. The average molecular weight is 231 g/mol. The molecule has 1 aromatic rings. The van der Waals surface area contributed by atoms with Gasteiger partial charge in [-0.2, -0.15) is 18.6 Å². The average Bonchev–Trinajstić information content (AvgIpc) is 2.21. The van der Waals surface area contributed by atoms with Crippen LogP contribution >= 0.6 is 0 Å². The first kappa shape index (κ1) is 10.3. The second-order valence-electron chi connectivity index (χ2n) is 2.71. The van der Waals surface area contributed by atoms with Crippen LogP contribution in [0.4, 0.5) is 0 Å². The van der Waals surface area contributed by atoms with Gasteiger partial charge in [0.05, 0.1) is 0 Å². The van der Waals surface area contributed by atoms with E-state index in [1.807, 2.05) is 0 Å². The summed E-state index contributed by atoms with van der Waals surface area (Å²) < 4.78 is 10.1. The third kappa shape index (κ3) is 1.94. The van der Waals surface area contributed by atoms with Crippen LogP contribution in [0.3, 0.4) is 0 Å². The zero-order valence-corrected chi connectivity index (χ0v) is 10.1. The minimum atomic E-state index is -1.53. The Hall–Kier alpha value is -0.767. The standard InChI is InChI=1S/C8H9N2O2.Zn/c1-5-2-3-6-7(4-5)12-8(9,10)11-6;/h2-4H,1,9-10H2;/q-1;. The molecule has 1 aliphatic rings. The fourth-order valence-electron chi connectivity index (χ4n) is 1.08. The number of ether oxygens (including phenoxy) is 2. The summed E-state index contributed by atoms with van der Waals surface area (Å²) >= 11 is 0. The molecule has 0 unspecified atom stereocenters. The predicted molar refractivity (Wildman–Crippen MR) is 43.3 cm³/mol. The van der Waals surface area contributed by atoms with E-state index in [4.69, 9.17) is 20.9 Å². The van der Waals surface area contributed by atoms with Crippen molar-refractivity contribution < 1.29 is 29.0 Å². The number of nitrogens with two attached hydrogens (primary N) is 2. The Kier molecular flexibility index (Phi) is 2.52. The van der Waals surface area contributed by atoms with Gasteiger partial charge >= 0.3 is 6.03 Å². The van der Waals surface area contributed by atoms with E-state index >= 15 is 0 Å². The monoisotopic (exact) mass is 229 g/mol. The van der Waals surface area contributed by atoms with Crippen molar-refractivity contribution in [1.29, 1.82) is 0 Å². The molecule has 0 amide bonds. The summed E-state index contributed by atoms with van der Waals surface area (Å²) in [4.78, 5) is 0.